The van der Waals surface area contributed by atoms with Gasteiger partial charge in [-0.2, -0.15) is 0 Å². The Morgan fingerprint density at radius 3 is 2.63 bits per heavy atom. The van der Waals surface area contributed by atoms with E-state index in [1.54, 1.807) is 24.4 Å². The third-order valence-electron chi connectivity index (χ3n) is 2.13. The summed E-state index contributed by atoms with van der Waals surface area (Å²) in [5, 5.41) is 17.9. The van der Waals surface area contributed by atoms with E-state index in [9.17, 15) is 14.4 Å². The first kappa shape index (κ1) is 15.0. The lowest BCUT2D eigenvalue weighted by atomic mass is 10.2. The average Bonchev–Trinajstić information content (AvgIpc) is 2.87. The van der Waals surface area contributed by atoms with Crippen molar-refractivity contribution in [3.8, 4) is 0 Å². The van der Waals surface area contributed by atoms with Crippen LogP contribution in [0, 0.1) is 0 Å². The molecule has 1 heterocycles. The van der Waals surface area contributed by atoms with Crippen LogP contribution in [0.1, 0.15) is 17.8 Å². The van der Waals surface area contributed by atoms with Crippen molar-refractivity contribution in [1.29, 1.82) is 0 Å². The minimum absolute atomic E-state index is 0.198. The lowest BCUT2D eigenvalue weighted by Gasteiger charge is -2.13. The topological polar surface area (TPSA) is 108 Å². The predicted octanol–water partition coefficient (Wildman–Crippen LogP) is 0.309. The Labute approximate surface area is 114 Å². The number of nitrogens with one attached hydrogen (secondary N) is 3. The second-order valence-corrected chi connectivity index (χ2v) is 4.55. The molecule has 104 valence electrons. The molecule has 7 nitrogen and oxygen atoms in total. The van der Waals surface area contributed by atoms with Gasteiger partial charge in [-0.25, -0.2) is 9.59 Å². The van der Waals surface area contributed by atoms with Crippen LogP contribution < -0.4 is 16.0 Å². The summed E-state index contributed by atoms with van der Waals surface area (Å²) in [4.78, 5) is 34.2. The molecule has 0 saturated carbocycles. The first-order valence-corrected chi connectivity index (χ1v) is 6.49. The van der Waals surface area contributed by atoms with E-state index in [4.69, 9.17) is 5.11 Å². The van der Waals surface area contributed by atoms with Crippen molar-refractivity contribution in [3.63, 3.8) is 0 Å². The van der Waals surface area contributed by atoms with Gasteiger partial charge in [0.2, 0.25) is 5.91 Å². The number of amides is 3. The van der Waals surface area contributed by atoms with Crippen molar-refractivity contribution in [1.82, 2.24) is 16.0 Å². The largest absolute Gasteiger partial charge is 0.479 e. The van der Waals surface area contributed by atoms with Gasteiger partial charge >= 0.3 is 12.0 Å². The number of carbonyl (C=O) groups is 3. The number of carbonyl (C=O) groups excluding carboxylic acids is 2. The maximum absolute atomic E-state index is 11.5. The molecule has 0 spiro atoms. The number of urea groups is 1. The Hall–Kier alpha value is -2.09. The molecule has 0 aromatic carbocycles. The van der Waals surface area contributed by atoms with Gasteiger partial charge in [-0.15, -0.1) is 11.3 Å². The normalized spacial score (nSPS) is 11.4. The van der Waals surface area contributed by atoms with Crippen LogP contribution in [0.25, 0.3) is 0 Å². The second kappa shape index (κ2) is 7.37. The van der Waals surface area contributed by atoms with Crippen LogP contribution in [0.15, 0.2) is 17.5 Å². The molecule has 1 aromatic rings. The Bertz CT molecular complexity index is 447. The summed E-state index contributed by atoms with van der Waals surface area (Å²) in [6.45, 7) is 2.03. The maximum atomic E-state index is 11.5. The quantitative estimate of drug-likeness (QED) is 0.603. The number of carboxylic acids is 1. The summed E-state index contributed by atoms with van der Waals surface area (Å²) in [6.07, 6.45) is 0. The summed E-state index contributed by atoms with van der Waals surface area (Å²) < 4.78 is 0. The number of thiophene rings is 1. The minimum atomic E-state index is -1.16. The van der Waals surface area contributed by atoms with Gasteiger partial charge in [0.25, 0.3) is 0 Å². The van der Waals surface area contributed by atoms with E-state index >= 15 is 0 Å². The molecule has 4 N–H and O–H groups in total. The van der Waals surface area contributed by atoms with E-state index in [1.807, 2.05) is 0 Å². The first-order chi connectivity index (χ1) is 9.04. The molecule has 3 amide bonds. The summed E-state index contributed by atoms with van der Waals surface area (Å²) in [7, 11) is 0. The van der Waals surface area contributed by atoms with Crippen LogP contribution in [0.2, 0.25) is 0 Å². The van der Waals surface area contributed by atoms with Gasteiger partial charge in [0.05, 0.1) is 6.54 Å². The van der Waals surface area contributed by atoms with Crippen molar-refractivity contribution < 1.29 is 19.5 Å². The molecular weight excluding hydrogens is 270 g/mol. The standard InChI is InChI=1S/C11H15N3O4S/c1-2-12-8(15)6-13-11(18)14-9(10(16)17)7-4-3-5-19-7/h3-5,9H,2,6H2,1H3,(H,12,15)(H,16,17)(H2,13,14,18). The Kier molecular flexibility index (Phi) is 5.80. The van der Waals surface area contributed by atoms with E-state index in [1.165, 1.54) is 11.3 Å². The van der Waals surface area contributed by atoms with E-state index in [2.05, 4.69) is 16.0 Å². The second-order valence-electron chi connectivity index (χ2n) is 3.57. The molecule has 19 heavy (non-hydrogen) atoms. The van der Waals surface area contributed by atoms with Crippen molar-refractivity contribution in [3.05, 3.63) is 22.4 Å². The number of hydrogen-bond acceptors (Lipinski definition) is 4. The smallest absolute Gasteiger partial charge is 0.331 e. The molecule has 0 bridgehead atoms. The third-order valence-corrected chi connectivity index (χ3v) is 3.07. The molecule has 0 aliphatic carbocycles. The van der Waals surface area contributed by atoms with Crippen LogP contribution >= 0.6 is 11.3 Å². The molecule has 0 fully saturated rings. The number of rotatable bonds is 6. The fourth-order valence-corrected chi connectivity index (χ4v) is 2.08. The number of likely N-dealkylation sites (N-methyl/N-ethyl adjacent to an activating group) is 1. The summed E-state index contributed by atoms with van der Waals surface area (Å²) in [5.41, 5.74) is 0. The van der Waals surface area contributed by atoms with Crippen molar-refractivity contribution in [2.24, 2.45) is 0 Å². The Morgan fingerprint density at radius 1 is 1.37 bits per heavy atom. The SMILES string of the molecule is CCNC(=O)CNC(=O)NC(C(=O)O)c1cccs1. The van der Waals surface area contributed by atoms with Gasteiger partial charge in [0.15, 0.2) is 6.04 Å². The van der Waals surface area contributed by atoms with Gasteiger partial charge in [-0.3, -0.25) is 4.79 Å². The molecule has 1 rings (SSSR count). The van der Waals surface area contributed by atoms with Gasteiger partial charge in [-0.1, -0.05) is 6.07 Å². The van der Waals surface area contributed by atoms with Gasteiger partial charge in [0.1, 0.15) is 0 Å². The number of carboxylic acid groups (broad SMARTS) is 1. The molecule has 0 aliphatic rings. The molecular formula is C11H15N3O4S. The molecule has 1 aromatic heterocycles. The fourth-order valence-electron chi connectivity index (χ4n) is 1.31. The zero-order valence-corrected chi connectivity index (χ0v) is 11.1. The Morgan fingerprint density at radius 2 is 2.11 bits per heavy atom. The highest BCUT2D eigenvalue weighted by Crippen LogP contribution is 2.18. The highest BCUT2D eigenvalue weighted by Gasteiger charge is 2.22. The van der Waals surface area contributed by atoms with Crippen molar-refractivity contribution >= 4 is 29.2 Å². The minimum Gasteiger partial charge on any atom is -0.479 e. The van der Waals surface area contributed by atoms with Crippen molar-refractivity contribution in [2.45, 2.75) is 13.0 Å². The lowest BCUT2D eigenvalue weighted by molar-refractivity contribution is -0.139. The lowest BCUT2D eigenvalue weighted by Crippen LogP contribution is -2.44. The molecule has 0 radical (unpaired) electrons. The van der Waals surface area contributed by atoms with Gasteiger partial charge in [0, 0.05) is 11.4 Å². The van der Waals surface area contributed by atoms with Crippen LogP contribution in [-0.2, 0) is 9.59 Å². The molecule has 0 aliphatic heterocycles. The zero-order chi connectivity index (χ0) is 14.3. The first-order valence-electron chi connectivity index (χ1n) is 5.61. The Balaban J connectivity index is 2.49. The van der Waals surface area contributed by atoms with Crippen LogP contribution in [0.4, 0.5) is 4.79 Å². The fraction of sp³-hybridized carbons (Fsp3) is 0.364. The highest BCUT2D eigenvalue weighted by molar-refractivity contribution is 7.10. The van der Waals surface area contributed by atoms with Crippen LogP contribution in [0.5, 0.6) is 0 Å². The van der Waals surface area contributed by atoms with Gasteiger partial charge in [-0.05, 0) is 18.4 Å². The highest BCUT2D eigenvalue weighted by atomic mass is 32.1. The molecule has 8 heteroatoms. The summed E-state index contributed by atoms with van der Waals surface area (Å²) >= 11 is 1.23. The molecule has 1 atom stereocenters. The van der Waals surface area contributed by atoms with E-state index < -0.39 is 18.0 Å². The molecule has 1 unspecified atom stereocenters. The average molecular weight is 285 g/mol. The number of hydrogen-bond donors (Lipinski definition) is 4. The predicted molar refractivity (Wildman–Crippen MR) is 69.9 cm³/mol. The third kappa shape index (κ3) is 4.96. The van der Waals surface area contributed by atoms with E-state index in [0.717, 1.165) is 0 Å². The summed E-state index contributed by atoms with van der Waals surface area (Å²) in [5.74, 6) is -1.49. The zero-order valence-electron chi connectivity index (χ0n) is 10.3. The van der Waals surface area contributed by atoms with E-state index in [0.29, 0.717) is 11.4 Å². The van der Waals surface area contributed by atoms with Crippen LogP contribution in [-0.4, -0.2) is 36.1 Å². The van der Waals surface area contributed by atoms with Crippen LogP contribution in [0.3, 0.4) is 0 Å². The maximum Gasteiger partial charge on any atom is 0.331 e. The summed E-state index contributed by atoms with van der Waals surface area (Å²) in [6, 6.07) is 1.50. The van der Waals surface area contributed by atoms with Crippen molar-refractivity contribution in [2.75, 3.05) is 13.1 Å². The monoisotopic (exact) mass is 285 g/mol. The van der Waals surface area contributed by atoms with E-state index in [-0.39, 0.29) is 12.5 Å². The van der Waals surface area contributed by atoms with Gasteiger partial charge < -0.3 is 21.1 Å². The number of aliphatic carboxylic acids is 1. The molecule has 0 saturated heterocycles.